The molecule has 0 aromatic rings. The number of sulfone groups is 1. The van der Waals surface area contributed by atoms with E-state index in [1.54, 1.807) is 6.92 Å². The lowest BCUT2D eigenvalue weighted by Crippen LogP contribution is -2.34. The Morgan fingerprint density at radius 2 is 2.23 bits per heavy atom. The van der Waals surface area contributed by atoms with E-state index in [1.165, 1.54) is 0 Å². The number of carbonyl (C=O) groups excluding carboxylic acids is 1. The second-order valence-electron chi connectivity index (χ2n) is 3.33. The molecule has 1 rings (SSSR count). The fraction of sp³-hybridized carbons (Fsp3) is 0.875. The first kappa shape index (κ1) is 10.7. The third-order valence-electron chi connectivity index (χ3n) is 2.26. The second kappa shape index (κ2) is 3.75. The SMILES string of the molecule is CCOC1(CC=O)CCS(=O)(=O)C1. The topological polar surface area (TPSA) is 60.4 Å². The summed E-state index contributed by atoms with van der Waals surface area (Å²) in [6, 6.07) is 0. The highest BCUT2D eigenvalue weighted by Gasteiger charge is 2.42. The minimum absolute atomic E-state index is 0.00736. The van der Waals surface area contributed by atoms with Gasteiger partial charge in [0.05, 0.1) is 17.1 Å². The van der Waals surface area contributed by atoms with Crippen LogP contribution in [-0.2, 0) is 19.4 Å². The van der Waals surface area contributed by atoms with Crippen molar-refractivity contribution < 1.29 is 17.9 Å². The van der Waals surface area contributed by atoms with E-state index in [0.717, 1.165) is 6.29 Å². The van der Waals surface area contributed by atoms with Gasteiger partial charge in [-0.15, -0.1) is 0 Å². The zero-order valence-corrected chi connectivity index (χ0v) is 8.47. The summed E-state index contributed by atoms with van der Waals surface area (Å²) in [5.41, 5.74) is -0.727. The fourth-order valence-corrected chi connectivity index (χ4v) is 3.65. The van der Waals surface area contributed by atoms with Gasteiger partial charge in [-0.3, -0.25) is 0 Å². The first-order valence-corrected chi connectivity index (χ1v) is 6.14. The second-order valence-corrected chi connectivity index (χ2v) is 5.51. The van der Waals surface area contributed by atoms with Crippen molar-refractivity contribution in [1.82, 2.24) is 0 Å². The fourth-order valence-electron chi connectivity index (χ4n) is 1.68. The van der Waals surface area contributed by atoms with Gasteiger partial charge in [0.2, 0.25) is 0 Å². The van der Waals surface area contributed by atoms with Gasteiger partial charge in [0.1, 0.15) is 6.29 Å². The van der Waals surface area contributed by atoms with E-state index in [0.29, 0.717) is 13.0 Å². The molecule has 1 saturated heterocycles. The molecule has 76 valence electrons. The Balaban J connectivity index is 2.76. The Bertz CT molecular complexity index is 283. The molecule has 4 nitrogen and oxygen atoms in total. The summed E-state index contributed by atoms with van der Waals surface area (Å²) in [7, 11) is -2.98. The van der Waals surface area contributed by atoms with E-state index in [-0.39, 0.29) is 17.9 Å². The largest absolute Gasteiger partial charge is 0.374 e. The highest BCUT2D eigenvalue weighted by Crippen LogP contribution is 2.29. The summed E-state index contributed by atoms with van der Waals surface area (Å²) in [5.74, 6) is 0.132. The van der Waals surface area contributed by atoms with E-state index < -0.39 is 15.4 Å². The van der Waals surface area contributed by atoms with Crippen molar-refractivity contribution in [2.24, 2.45) is 0 Å². The molecule has 0 aliphatic carbocycles. The van der Waals surface area contributed by atoms with Crippen molar-refractivity contribution in [3.05, 3.63) is 0 Å². The van der Waals surface area contributed by atoms with Crippen LogP contribution < -0.4 is 0 Å². The summed E-state index contributed by atoms with van der Waals surface area (Å²) < 4.78 is 27.8. The summed E-state index contributed by atoms with van der Waals surface area (Å²) in [6.45, 7) is 2.25. The van der Waals surface area contributed by atoms with Crippen molar-refractivity contribution in [2.45, 2.75) is 25.4 Å². The molecule has 0 amide bonds. The molecule has 1 heterocycles. The summed E-state index contributed by atoms with van der Waals surface area (Å²) >= 11 is 0. The van der Waals surface area contributed by atoms with Crippen LogP contribution in [0, 0.1) is 0 Å². The van der Waals surface area contributed by atoms with Gasteiger partial charge >= 0.3 is 0 Å². The molecule has 1 atom stereocenters. The molecular formula is C8H14O4S. The average Bonchev–Trinajstić information content (AvgIpc) is 2.28. The molecule has 0 aromatic carbocycles. The van der Waals surface area contributed by atoms with Gasteiger partial charge in [-0.1, -0.05) is 0 Å². The molecule has 1 aliphatic rings. The number of ether oxygens (including phenoxy) is 1. The summed E-state index contributed by atoms with van der Waals surface area (Å²) in [4.78, 5) is 10.4. The first-order chi connectivity index (χ1) is 6.04. The Labute approximate surface area is 78.2 Å². The molecular weight excluding hydrogens is 192 g/mol. The zero-order chi connectivity index (χ0) is 9.95. The molecule has 0 aromatic heterocycles. The molecule has 5 heteroatoms. The van der Waals surface area contributed by atoms with E-state index in [4.69, 9.17) is 4.74 Å². The molecule has 0 radical (unpaired) electrons. The van der Waals surface area contributed by atoms with E-state index in [9.17, 15) is 13.2 Å². The lowest BCUT2D eigenvalue weighted by molar-refractivity contribution is -0.114. The monoisotopic (exact) mass is 206 g/mol. The molecule has 0 N–H and O–H groups in total. The standard InChI is InChI=1S/C8H14O4S/c1-2-12-8(3-5-9)4-6-13(10,11)7-8/h5H,2-4,6-7H2,1H3. The molecule has 0 saturated carbocycles. The van der Waals surface area contributed by atoms with Crippen molar-refractivity contribution >= 4 is 16.1 Å². The number of carbonyl (C=O) groups is 1. The van der Waals surface area contributed by atoms with Gasteiger partial charge in [-0.2, -0.15) is 0 Å². The molecule has 1 unspecified atom stereocenters. The summed E-state index contributed by atoms with van der Waals surface area (Å²) in [6.07, 6.45) is 1.36. The van der Waals surface area contributed by atoms with Crippen LogP contribution in [0.4, 0.5) is 0 Å². The lowest BCUT2D eigenvalue weighted by atomic mass is 10.00. The molecule has 0 spiro atoms. The molecule has 1 fully saturated rings. The van der Waals surface area contributed by atoms with Crippen molar-refractivity contribution in [3.8, 4) is 0 Å². The Kier molecular flexibility index (Phi) is 3.08. The number of rotatable bonds is 4. The average molecular weight is 206 g/mol. The van der Waals surface area contributed by atoms with Crippen LogP contribution in [0.5, 0.6) is 0 Å². The lowest BCUT2D eigenvalue weighted by Gasteiger charge is -2.24. The normalized spacial score (nSPS) is 31.8. The van der Waals surface area contributed by atoms with Crippen LogP contribution in [0.1, 0.15) is 19.8 Å². The van der Waals surface area contributed by atoms with Crippen molar-refractivity contribution in [2.75, 3.05) is 18.1 Å². The maximum Gasteiger partial charge on any atom is 0.153 e. The van der Waals surface area contributed by atoms with Crippen LogP contribution in [0.2, 0.25) is 0 Å². The predicted molar refractivity (Wildman–Crippen MR) is 48.3 cm³/mol. The van der Waals surface area contributed by atoms with E-state index in [2.05, 4.69) is 0 Å². The van der Waals surface area contributed by atoms with Crippen LogP contribution in [0.3, 0.4) is 0 Å². The highest BCUT2D eigenvalue weighted by atomic mass is 32.2. The Hall–Kier alpha value is -0.420. The number of hydrogen-bond donors (Lipinski definition) is 0. The maximum atomic E-state index is 11.2. The summed E-state index contributed by atoms with van der Waals surface area (Å²) in [5, 5.41) is 0. The van der Waals surface area contributed by atoms with Crippen LogP contribution in [-0.4, -0.2) is 38.4 Å². The number of aldehydes is 1. The quantitative estimate of drug-likeness (QED) is 0.615. The third kappa shape index (κ3) is 2.51. The molecule has 1 aliphatic heterocycles. The van der Waals surface area contributed by atoms with Crippen LogP contribution in [0.15, 0.2) is 0 Å². The van der Waals surface area contributed by atoms with Crippen LogP contribution >= 0.6 is 0 Å². The Morgan fingerprint density at radius 3 is 2.62 bits per heavy atom. The first-order valence-electron chi connectivity index (χ1n) is 4.32. The van der Waals surface area contributed by atoms with Gasteiger partial charge in [0.25, 0.3) is 0 Å². The van der Waals surface area contributed by atoms with Gasteiger partial charge in [-0.05, 0) is 13.3 Å². The van der Waals surface area contributed by atoms with Crippen LogP contribution in [0.25, 0.3) is 0 Å². The van der Waals surface area contributed by atoms with E-state index in [1.807, 2.05) is 0 Å². The Morgan fingerprint density at radius 1 is 1.54 bits per heavy atom. The third-order valence-corrected chi connectivity index (χ3v) is 4.05. The molecule has 0 bridgehead atoms. The van der Waals surface area contributed by atoms with Crippen molar-refractivity contribution in [3.63, 3.8) is 0 Å². The van der Waals surface area contributed by atoms with Gasteiger partial charge in [0, 0.05) is 13.0 Å². The van der Waals surface area contributed by atoms with Gasteiger partial charge in [-0.25, -0.2) is 8.42 Å². The van der Waals surface area contributed by atoms with Gasteiger partial charge in [0.15, 0.2) is 9.84 Å². The molecule has 13 heavy (non-hydrogen) atoms. The maximum absolute atomic E-state index is 11.2. The minimum Gasteiger partial charge on any atom is -0.374 e. The zero-order valence-electron chi connectivity index (χ0n) is 7.65. The predicted octanol–water partition coefficient (Wildman–Crippen LogP) is 0.169. The highest BCUT2D eigenvalue weighted by molar-refractivity contribution is 7.91. The smallest absolute Gasteiger partial charge is 0.153 e. The van der Waals surface area contributed by atoms with Gasteiger partial charge < -0.3 is 9.53 Å². The van der Waals surface area contributed by atoms with E-state index >= 15 is 0 Å². The number of hydrogen-bond acceptors (Lipinski definition) is 4. The van der Waals surface area contributed by atoms with Crippen molar-refractivity contribution in [1.29, 1.82) is 0 Å². The minimum atomic E-state index is -2.98.